The van der Waals surface area contributed by atoms with Gasteiger partial charge in [0.1, 0.15) is 0 Å². The van der Waals surface area contributed by atoms with Gasteiger partial charge in [-0.25, -0.2) is 0 Å². The van der Waals surface area contributed by atoms with E-state index in [2.05, 4.69) is 29.2 Å². The largest absolute Gasteiger partial charge is 0.390 e. The Kier molecular flexibility index (Phi) is 5.89. The molecule has 0 saturated carbocycles. The summed E-state index contributed by atoms with van der Waals surface area (Å²) in [5.41, 5.74) is 0.667. The molecule has 2 aliphatic rings. The van der Waals surface area contributed by atoms with Crippen LogP contribution in [0.3, 0.4) is 0 Å². The summed E-state index contributed by atoms with van der Waals surface area (Å²) in [4.78, 5) is 2.51. The topological polar surface area (TPSA) is 51.2 Å². The number of rotatable bonds is 7. The first-order valence-electron chi connectivity index (χ1n) is 8.79. The molecule has 2 heterocycles. The molecule has 0 amide bonds. The zero-order valence-electron chi connectivity index (χ0n) is 14.7. The second kappa shape index (κ2) is 7.93. The number of aliphatic hydroxyl groups is 1. The molecule has 2 fully saturated rings. The minimum Gasteiger partial charge on any atom is -0.390 e. The quantitative estimate of drug-likeness (QED) is 0.774. The number of benzene rings is 1. The summed E-state index contributed by atoms with van der Waals surface area (Å²) >= 11 is 0. The molecule has 2 bridgehead atoms. The van der Waals surface area contributed by atoms with Gasteiger partial charge in [-0.3, -0.25) is 4.90 Å². The molecule has 0 aliphatic carbocycles. The molecule has 3 rings (SSSR count). The highest BCUT2D eigenvalue weighted by Crippen LogP contribution is 2.38. The van der Waals surface area contributed by atoms with Crippen LogP contribution in [0.2, 0.25) is 0 Å². The fourth-order valence-corrected chi connectivity index (χ4v) is 4.12. The molecule has 2 atom stereocenters. The van der Waals surface area contributed by atoms with E-state index in [0.29, 0.717) is 26.1 Å². The monoisotopic (exact) mass is 335 g/mol. The van der Waals surface area contributed by atoms with Gasteiger partial charge in [0.2, 0.25) is 0 Å². The Balaban J connectivity index is 1.64. The molecule has 1 aromatic carbocycles. The number of fused-ring (bicyclic) bond motifs is 2. The number of morpholine rings is 1. The average molecular weight is 335 g/mol. The highest BCUT2D eigenvalue weighted by atomic mass is 16.7. The molecule has 0 radical (unpaired) electrons. The molecule has 2 unspecified atom stereocenters. The minimum absolute atomic E-state index is 0.243. The highest BCUT2D eigenvalue weighted by Gasteiger charge is 2.45. The summed E-state index contributed by atoms with van der Waals surface area (Å²) < 4.78 is 16.3. The maximum atomic E-state index is 11.1. The molecule has 0 spiro atoms. The lowest BCUT2D eigenvalue weighted by molar-refractivity contribution is -0.161. The van der Waals surface area contributed by atoms with Gasteiger partial charge >= 0.3 is 0 Å². The minimum atomic E-state index is -0.651. The Morgan fingerprint density at radius 3 is 2.38 bits per heavy atom. The Hall–Kier alpha value is -0.980. The van der Waals surface area contributed by atoms with Crippen molar-refractivity contribution in [2.75, 3.05) is 27.4 Å². The summed E-state index contributed by atoms with van der Waals surface area (Å²) in [5, 5.41) is 11.1. The Labute approximate surface area is 144 Å². The molecular weight excluding hydrogens is 306 g/mol. The molecule has 0 aromatic heterocycles. The van der Waals surface area contributed by atoms with Crippen LogP contribution in [0.5, 0.6) is 0 Å². The molecular formula is C19H29NO4. The average Bonchev–Trinajstić information content (AvgIpc) is 2.58. The van der Waals surface area contributed by atoms with Crippen molar-refractivity contribution in [3.8, 4) is 0 Å². The zero-order chi connectivity index (χ0) is 17.0. The van der Waals surface area contributed by atoms with Crippen molar-refractivity contribution in [2.45, 2.75) is 56.2 Å². The number of methoxy groups -OCH3 is 2. The number of hydrogen-bond acceptors (Lipinski definition) is 5. The molecule has 5 nitrogen and oxygen atoms in total. The van der Waals surface area contributed by atoms with E-state index in [-0.39, 0.29) is 18.4 Å². The van der Waals surface area contributed by atoms with Crippen LogP contribution in [0, 0.1) is 0 Å². The Morgan fingerprint density at radius 2 is 1.79 bits per heavy atom. The van der Waals surface area contributed by atoms with E-state index in [1.165, 1.54) is 5.56 Å². The number of piperidine rings is 1. The van der Waals surface area contributed by atoms with Crippen molar-refractivity contribution >= 4 is 0 Å². The third-order valence-corrected chi connectivity index (χ3v) is 5.37. The van der Waals surface area contributed by atoms with Crippen LogP contribution in [-0.2, 0) is 20.8 Å². The van der Waals surface area contributed by atoms with Gasteiger partial charge in [-0.1, -0.05) is 30.3 Å². The zero-order valence-corrected chi connectivity index (χ0v) is 14.7. The van der Waals surface area contributed by atoms with Crippen LogP contribution < -0.4 is 0 Å². The van der Waals surface area contributed by atoms with Crippen LogP contribution >= 0.6 is 0 Å². The fourth-order valence-electron chi connectivity index (χ4n) is 4.12. The third-order valence-electron chi connectivity index (χ3n) is 5.37. The van der Waals surface area contributed by atoms with Crippen LogP contribution in [-0.4, -0.2) is 61.4 Å². The summed E-state index contributed by atoms with van der Waals surface area (Å²) in [6.45, 7) is 2.32. The Morgan fingerprint density at radius 1 is 1.17 bits per heavy atom. The first kappa shape index (κ1) is 17.8. The summed E-state index contributed by atoms with van der Waals surface area (Å²) in [6.07, 6.45) is 2.66. The predicted molar refractivity (Wildman–Crippen MR) is 91.6 cm³/mol. The maximum Gasteiger partial charge on any atom is 0.156 e. The lowest BCUT2D eigenvalue weighted by Gasteiger charge is -2.52. The predicted octanol–water partition coefficient (Wildman–Crippen LogP) is 2.18. The van der Waals surface area contributed by atoms with E-state index in [1.54, 1.807) is 14.2 Å². The van der Waals surface area contributed by atoms with Crippen molar-refractivity contribution in [1.82, 2.24) is 4.90 Å². The molecule has 1 aromatic rings. The number of hydrogen-bond donors (Lipinski definition) is 1. The molecule has 1 N–H and O–H groups in total. The van der Waals surface area contributed by atoms with Crippen LogP contribution in [0.15, 0.2) is 30.3 Å². The third kappa shape index (κ3) is 4.16. The first-order valence-corrected chi connectivity index (χ1v) is 8.79. The fraction of sp³-hybridized carbons (Fsp3) is 0.684. The van der Waals surface area contributed by atoms with Gasteiger partial charge in [-0.15, -0.1) is 0 Å². The van der Waals surface area contributed by atoms with E-state index < -0.39 is 5.60 Å². The highest BCUT2D eigenvalue weighted by molar-refractivity contribution is 5.15. The molecule has 134 valence electrons. The maximum absolute atomic E-state index is 11.1. The van der Waals surface area contributed by atoms with Gasteiger partial charge < -0.3 is 19.3 Å². The van der Waals surface area contributed by atoms with E-state index in [1.807, 2.05) is 6.07 Å². The van der Waals surface area contributed by atoms with Crippen LogP contribution in [0.4, 0.5) is 0 Å². The number of nitrogens with zero attached hydrogens (tertiary/aromatic N) is 1. The standard InChI is InChI=1S/C19H29NO4/c1-22-18(23-2)8-9-19(21)10-16-13-24-14-17(11-19)20(16)12-15-6-4-3-5-7-15/h3-7,16-18,21H,8-14H2,1-2H3. The Bertz CT molecular complexity index is 491. The van der Waals surface area contributed by atoms with E-state index >= 15 is 0 Å². The molecule has 2 aliphatic heterocycles. The smallest absolute Gasteiger partial charge is 0.156 e. The van der Waals surface area contributed by atoms with E-state index in [9.17, 15) is 5.11 Å². The summed E-state index contributed by atoms with van der Waals surface area (Å²) in [7, 11) is 3.28. The van der Waals surface area contributed by atoms with Crippen molar-refractivity contribution < 1.29 is 19.3 Å². The van der Waals surface area contributed by atoms with Gasteiger partial charge in [-0.2, -0.15) is 0 Å². The summed E-state index contributed by atoms with van der Waals surface area (Å²) in [6, 6.07) is 11.1. The van der Waals surface area contributed by atoms with Gasteiger partial charge in [0, 0.05) is 39.3 Å². The van der Waals surface area contributed by atoms with Gasteiger partial charge in [-0.05, 0) is 24.8 Å². The van der Waals surface area contributed by atoms with E-state index in [0.717, 1.165) is 19.4 Å². The molecule has 2 saturated heterocycles. The van der Waals surface area contributed by atoms with Crippen molar-refractivity contribution in [2.24, 2.45) is 0 Å². The van der Waals surface area contributed by atoms with Crippen LogP contribution in [0.1, 0.15) is 31.2 Å². The normalized spacial score (nSPS) is 30.7. The van der Waals surface area contributed by atoms with Crippen molar-refractivity contribution in [1.29, 1.82) is 0 Å². The lowest BCUT2D eigenvalue weighted by Crippen LogP contribution is -2.61. The van der Waals surface area contributed by atoms with Crippen molar-refractivity contribution in [3.05, 3.63) is 35.9 Å². The second-order valence-corrected chi connectivity index (χ2v) is 7.08. The first-order chi connectivity index (χ1) is 11.6. The van der Waals surface area contributed by atoms with Gasteiger partial charge in [0.25, 0.3) is 0 Å². The van der Waals surface area contributed by atoms with Gasteiger partial charge in [0.15, 0.2) is 6.29 Å². The second-order valence-electron chi connectivity index (χ2n) is 7.08. The lowest BCUT2D eigenvalue weighted by atomic mass is 9.78. The molecule has 24 heavy (non-hydrogen) atoms. The van der Waals surface area contributed by atoms with E-state index in [4.69, 9.17) is 14.2 Å². The number of ether oxygens (including phenoxy) is 3. The molecule has 5 heteroatoms. The van der Waals surface area contributed by atoms with Crippen LogP contribution in [0.25, 0.3) is 0 Å². The summed E-state index contributed by atoms with van der Waals surface area (Å²) in [5.74, 6) is 0. The van der Waals surface area contributed by atoms with Gasteiger partial charge in [0.05, 0.1) is 18.8 Å². The SMILES string of the molecule is COC(CCC1(O)CC2COCC(C1)N2Cc1ccccc1)OC. The van der Waals surface area contributed by atoms with Crippen molar-refractivity contribution in [3.63, 3.8) is 0 Å².